The van der Waals surface area contributed by atoms with E-state index in [4.69, 9.17) is 21.1 Å². The van der Waals surface area contributed by atoms with Gasteiger partial charge in [-0.2, -0.15) is 0 Å². The number of hydrogen-bond donors (Lipinski definition) is 0. The van der Waals surface area contributed by atoms with Gasteiger partial charge < -0.3 is 19.3 Å². The summed E-state index contributed by atoms with van der Waals surface area (Å²) in [6.45, 7) is 4.69. The van der Waals surface area contributed by atoms with E-state index in [9.17, 15) is 9.59 Å². The minimum atomic E-state index is -0.237. The molecule has 6 nitrogen and oxygen atoms in total. The summed E-state index contributed by atoms with van der Waals surface area (Å²) in [7, 11) is 1.61. The van der Waals surface area contributed by atoms with Crippen molar-refractivity contribution < 1.29 is 19.1 Å². The second kappa shape index (κ2) is 11.1. The smallest absolute Gasteiger partial charge is 0.254 e. The molecule has 0 spiro atoms. The van der Waals surface area contributed by atoms with Crippen molar-refractivity contribution in [3.8, 4) is 11.5 Å². The fourth-order valence-corrected chi connectivity index (χ4v) is 5.37. The number of ether oxygens (including phenoxy) is 2. The van der Waals surface area contributed by atoms with E-state index in [0.29, 0.717) is 35.2 Å². The molecule has 184 valence electrons. The Morgan fingerprint density at radius 3 is 2.66 bits per heavy atom. The number of halogens is 1. The molecule has 1 aliphatic rings. The van der Waals surface area contributed by atoms with Crippen molar-refractivity contribution in [1.82, 2.24) is 9.80 Å². The molecule has 2 amide bonds. The highest BCUT2D eigenvalue weighted by molar-refractivity contribution is 7.10. The molecule has 8 heteroatoms. The van der Waals surface area contributed by atoms with Crippen LogP contribution in [0.5, 0.6) is 11.5 Å². The first-order valence-corrected chi connectivity index (χ1v) is 12.8. The molecule has 3 aromatic rings. The summed E-state index contributed by atoms with van der Waals surface area (Å²) in [5.41, 5.74) is 1.57. The first kappa shape index (κ1) is 25.1. The van der Waals surface area contributed by atoms with Crippen LogP contribution < -0.4 is 9.47 Å². The van der Waals surface area contributed by atoms with E-state index >= 15 is 0 Å². The third-order valence-electron chi connectivity index (χ3n) is 6.13. The number of benzene rings is 2. The summed E-state index contributed by atoms with van der Waals surface area (Å²) in [5, 5.41) is 2.54. The highest BCUT2D eigenvalue weighted by atomic mass is 35.5. The number of methoxy groups -OCH3 is 1. The van der Waals surface area contributed by atoms with Gasteiger partial charge in [0.1, 0.15) is 24.7 Å². The predicted octanol–water partition coefficient (Wildman–Crippen LogP) is 5.47. The maximum Gasteiger partial charge on any atom is 0.254 e. The highest BCUT2D eigenvalue weighted by Crippen LogP contribution is 2.34. The Morgan fingerprint density at radius 2 is 1.91 bits per heavy atom. The third kappa shape index (κ3) is 5.80. The Labute approximate surface area is 215 Å². The second-order valence-electron chi connectivity index (χ2n) is 8.68. The van der Waals surface area contributed by atoms with Crippen molar-refractivity contribution in [1.29, 1.82) is 0 Å². The zero-order valence-electron chi connectivity index (χ0n) is 20.1. The topological polar surface area (TPSA) is 59.1 Å². The molecule has 4 rings (SSSR count). The molecule has 0 saturated carbocycles. The van der Waals surface area contributed by atoms with Crippen molar-refractivity contribution >= 4 is 34.8 Å². The van der Waals surface area contributed by atoms with Crippen molar-refractivity contribution in [3.63, 3.8) is 0 Å². The van der Waals surface area contributed by atoms with Gasteiger partial charge >= 0.3 is 0 Å². The fraction of sp³-hybridized carbons (Fsp3) is 0.333. The van der Waals surface area contributed by atoms with Gasteiger partial charge in [-0.05, 0) is 67.6 Å². The number of rotatable bonds is 8. The van der Waals surface area contributed by atoms with E-state index in [1.165, 1.54) is 4.88 Å². The molecular weight excluding hydrogens is 484 g/mol. The van der Waals surface area contributed by atoms with Crippen LogP contribution in [0.2, 0.25) is 5.02 Å². The van der Waals surface area contributed by atoms with Crippen LogP contribution in [0.15, 0.2) is 60.0 Å². The molecule has 0 unspecified atom stereocenters. The molecule has 0 bridgehead atoms. The number of hydrogen-bond acceptors (Lipinski definition) is 5. The van der Waals surface area contributed by atoms with Gasteiger partial charge in [-0.15, -0.1) is 11.3 Å². The Kier molecular flexibility index (Phi) is 7.98. The Bertz CT molecular complexity index is 1200. The summed E-state index contributed by atoms with van der Waals surface area (Å²) >= 11 is 7.80. The molecule has 1 aliphatic heterocycles. The lowest BCUT2D eigenvalue weighted by Crippen LogP contribution is -2.49. The van der Waals surface area contributed by atoms with Gasteiger partial charge in [0.15, 0.2) is 0 Å². The summed E-state index contributed by atoms with van der Waals surface area (Å²) in [4.78, 5) is 31.5. The van der Waals surface area contributed by atoms with Gasteiger partial charge in [0, 0.05) is 34.1 Å². The van der Waals surface area contributed by atoms with Gasteiger partial charge in [-0.25, -0.2) is 0 Å². The predicted molar refractivity (Wildman–Crippen MR) is 139 cm³/mol. The van der Waals surface area contributed by atoms with Gasteiger partial charge in [0.2, 0.25) is 5.91 Å². The first-order valence-electron chi connectivity index (χ1n) is 11.6. The van der Waals surface area contributed by atoms with Gasteiger partial charge in [-0.3, -0.25) is 9.59 Å². The minimum Gasteiger partial charge on any atom is -0.497 e. The lowest BCUT2D eigenvalue weighted by molar-refractivity contribution is -0.136. The second-order valence-corrected chi connectivity index (χ2v) is 10.1. The quantitative estimate of drug-likeness (QED) is 0.402. The van der Waals surface area contributed by atoms with E-state index in [2.05, 4.69) is 11.4 Å². The minimum absolute atomic E-state index is 0.0157. The largest absolute Gasteiger partial charge is 0.497 e. The molecule has 2 aromatic carbocycles. The molecule has 2 heterocycles. The summed E-state index contributed by atoms with van der Waals surface area (Å²) in [6, 6.07) is 15.9. The lowest BCUT2D eigenvalue weighted by Gasteiger charge is -2.37. The SMILES string of the molecule is COc1cccc(OC[C@@H]2c3ccsc3CCN2C(=O)CN(C(=O)c2cccc(Cl)c2)C(C)C)c1. The number of fused-ring (bicyclic) bond motifs is 1. The molecule has 35 heavy (non-hydrogen) atoms. The highest BCUT2D eigenvalue weighted by Gasteiger charge is 2.34. The van der Waals surface area contributed by atoms with Gasteiger partial charge in [0.25, 0.3) is 5.91 Å². The average molecular weight is 513 g/mol. The Morgan fingerprint density at radius 1 is 1.14 bits per heavy atom. The summed E-state index contributed by atoms with van der Waals surface area (Å²) in [5.74, 6) is 1.07. The molecule has 1 aromatic heterocycles. The maximum absolute atomic E-state index is 13.6. The number of carbonyl (C=O) groups is 2. The van der Waals surface area contributed by atoms with E-state index in [1.54, 1.807) is 47.6 Å². The van der Waals surface area contributed by atoms with E-state index in [0.717, 1.165) is 12.0 Å². The van der Waals surface area contributed by atoms with Crippen LogP contribution in [0.3, 0.4) is 0 Å². The molecule has 0 saturated heterocycles. The normalized spacial score (nSPS) is 15.0. The van der Waals surface area contributed by atoms with Crippen molar-refractivity contribution in [2.24, 2.45) is 0 Å². The average Bonchev–Trinajstić information content (AvgIpc) is 3.34. The van der Waals surface area contributed by atoms with Crippen LogP contribution in [0.4, 0.5) is 0 Å². The van der Waals surface area contributed by atoms with Crippen LogP contribution in [0.1, 0.15) is 40.7 Å². The van der Waals surface area contributed by atoms with Gasteiger partial charge in [0.05, 0.1) is 13.2 Å². The molecule has 1 atom stereocenters. The lowest BCUT2D eigenvalue weighted by atomic mass is 10.00. The fourth-order valence-electron chi connectivity index (χ4n) is 4.25. The maximum atomic E-state index is 13.6. The molecule has 0 N–H and O–H groups in total. The van der Waals surface area contributed by atoms with Crippen LogP contribution in [-0.4, -0.2) is 54.5 Å². The van der Waals surface area contributed by atoms with E-state index < -0.39 is 0 Å². The summed E-state index contributed by atoms with van der Waals surface area (Å²) < 4.78 is 11.4. The van der Waals surface area contributed by atoms with Crippen LogP contribution in [-0.2, 0) is 11.2 Å². The van der Waals surface area contributed by atoms with Crippen molar-refractivity contribution in [2.75, 3.05) is 26.8 Å². The first-order chi connectivity index (χ1) is 16.9. The third-order valence-corrected chi connectivity index (χ3v) is 7.36. The van der Waals surface area contributed by atoms with Crippen LogP contribution in [0.25, 0.3) is 0 Å². The number of carbonyl (C=O) groups excluding carboxylic acids is 2. The molecular formula is C27H29ClN2O4S. The van der Waals surface area contributed by atoms with E-state index in [-0.39, 0.29) is 30.4 Å². The zero-order chi connectivity index (χ0) is 24.9. The Hall–Kier alpha value is -3.03. The van der Waals surface area contributed by atoms with Gasteiger partial charge in [-0.1, -0.05) is 23.7 Å². The Balaban J connectivity index is 1.53. The monoisotopic (exact) mass is 512 g/mol. The zero-order valence-corrected chi connectivity index (χ0v) is 21.6. The molecule has 0 radical (unpaired) electrons. The van der Waals surface area contributed by atoms with Crippen LogP contribution >= 0.6 is 22.9 Å². The number of thiophene rings is 1. The number of amides is 2. The molecule has 0 fully saturated rings. The van der Waals surface area contributed by atoms with Crippen LogP contribution in [0, 0.1) is 0 Å². The van der Waals surface area contributed by atoms with E-state index in [1.807, 2.05) is 43.0 Å². The number of nitrogens with zero attached hydrogens (tertiary/aromatic N) is 2. The van der Waals surface area contributed by atoms with Crippen molar-refractivity contribution in [2.45, 2.75) is 32.4 Å². The molecule has 0 aliphatic carbocycles. The van der Waals surface area contributed by atoms with Crippen molar-refractivity contribution in [3.05, 3.63) is 81.0 Å². The standard InChI is InChI=1S/C27H29ClN2O4S/c1-18(2)30(27(32)19-6-4-7-20(28)14-19)16-26(31)29-12-10-25-23(11-13-35-25)24(29)17-34-22-9-5-8-21(15-22)33-3/h4-9,11,13-15,18,24H,10,12,16-17H2,1-3H3/t24-/m1/s1. The summed E-state index contributed by atoms with van der Waals surface area (Å²) in [6.07, 6.45) is 0.790.